The molecule has 0 aliphatic heterocycles. The molecule has 5 heteroatoms. The zero-order chi connectivity index (χ0) is 12.7. The second-order valence-electron chi connectivity index (χ2n) is 4.64. The summed E-state index contributed by atoms with van der Waals surface area (Å²) >= 11 is 0. The second-order valence-corrected chi connectivity index (χ2v) is 4.64. The van der Waals surface area contributed by atoms with Gasteiger partial charge in [0, 0.05) is 32.1 Å². The maximum atomic E-state index is 8.53. The first kappa shape index (κ1) is 14.3. The van der Waals surface area contributed by atoms with Crippen LogP contribution < -0.4 is 5.73 Å². The molecule has 3 N–H and O–H groups in total. The molecular weight excluding hydrogens is 216 g/mol. The topological polar surface area (TPSA) is 65.1 Å². The summed E-state index contributed by atoms with van der Waals surface area (Å²) in [4.78, 5) is 4.90. The zero-order valence-electron chi connectivity index (χ0n) is 11.1. The molecule has 100 valence electrons. The summed E-state index contributed by atoms with van der Waals surface area (Å²) in [5.74, 6) is 0.332. The van der Waals surface area contributed by atoms with Crippen LogP contribution in [0.4, 0.5) is 0 Å². The second kappa shape index (κ2) is 7.50. The van der Waals surface area contributed by atoms with Crippen LogP contribution in [-0.4, -0.2) is 59.6 Å². The van der Waals surface area contributed by atoms with Gasteiger partial charge < -0.3 is 15.8 Å². The van der Waals surface area contributed by atoms with Gasteiger partial charge in [0.05, 0.1) is 0 Å². The molecule has 0 aromatic heterocycles. The van der Waals surface area contributed by atoms with Gasteiger partial charge in [-0.15, -0.1) is 0 Å². The van der Waals surface area contributed by atoms with Crippen LogP contribution >= 0.6 is 0 Å². The largest absolute Gasteiger partial charge is 0.409 e. The minimum absolute atomic E-state index is 0.332. The monoisotopic (exact) mass is 242 g/mol. The lowest BCUT2D eigenvalue weighted by atomic mass is 10.3. The van der Waals surface area contributed by atoms with Gasteiger partial charge in [0.1, 0.15) is 5.84 Å². The van der Waals surface area contributed by atoms with E-state index in [1.165, 1.54) is 12.8 Å². The maximum Gasteiger partial charge on any atom is 0.140 e. The van der Waals surface area contributed by atoms with Crippen molar-refractivity contribution in [3.8, 4) is 0 Å². The van der Waals surface area contributed by atoms with E-state index >= 15 is 0 Å². The predicted octanol–water partition coefficient (Wildman–Crippen LogP) is 0.929. The Morgan fingerprint density at radius 1 is 1.24 bits per heavy atom. The van der Waals surface area contributed by atoms with Crippen LogP contribution in [0.3, 0.4) is 0 Å². The van der Waals surface area contributed by atoms with Gasteiger partial charge in [-0.05, 0) is 25.9 Å². The summed E-state index contributed by atoms with van der Waals surface area (Å²) in [5.41, 5.74) is 5.51. The van der Waals surface area contributed by atoms with E-state index in [-0.39, 0.29) is 0 Å². The van der Waals surface area contributed by atoms with E-state index < -0.39 is 0 Å². The number of hydrogen-bond acceptors (Lipinski definition) is 4. The first-order valence-corrected chi connectivity index (χ1v) is 6.64. The molecule has 1 saturated carbocycles. The van der Waals surface area contributed by atoms with Gasteiger partial charge in [-0.25, -0.2) is 0 Å². The van der Waals surface area contributed by atoms with E-state index in [9.17, 15) is 0 Å². The summed E-state index contributed by atoms with van der Waals surface area (Å²) < 4.78 is 0. The van der Waals surface area contributed by atoms with Gasteiger partial charge in [-0.1, -0.05) is 19.0 Å². The Labute approximate surface area is 104 Å². The van der Waals surface area contributed by atoms with E-state index in [2.05, 4.69) is 28.8 Å². The lowest BCUT2D eigenvalue weighted by Crippen LogP contribution is -2.38. The molecule has 1 fully saturated rings. The number of rotatable bonds is 9. The average molecular weight is 242 g/mol. The SMILES string of the molecule is CCN(CC)CCN(CCC(N)=NO)C1CC1. The highest BCUT2D eigenvalue weighted by Crippen LogP contribution is 2.26. The highest BCUT2D eigenvalue weighted by Gasteiger charge is 2.28. The molecular formula is C12H26N4O. The molecule has 17 heavy (non-hydrogen) atoms. The number of nitrogens with zero attached hydrogens (tertiary/aromatic N) is 3. The molecule has 1 aliphatic carbocycles. The van der Waals surface area contributed by atoms with Gasteiger partial charge in [-0.2, -0.15) is 0 Å². The van der Waals surface area contributed by atoms with E-state index in [0.717, 1.165) is 38.8 Å². The molecule has 0 aromatic carbocycles. The van der Waals surface area contributed by atoms with Crippen LogP contribution in [0.15, 0.2) is 5.16 Å². The van der Waals surface area contributed by atoms with Crippen LogP contribution in [0.5, 0.6) is 0 Å². The molecule has 0 unspecified atom stereocenters. The first-order chi connectivity index (χ1) is 8.21. The third-order valence-electron chi connectivity index (χ3n) is 3.44. The van der Waals surface area contributed by atoms with Crippen LogP contribution in [0.25, 0.3) is 0 Å². The van der Waals surface area contributed by atoms with Crippen molar-refractivity contribution < 1.29 is 5.21 Å². The Morgan fingerprint density at radius 3 is 2.35 bits per heavy atom. The van der Waals surface area contributed by atoms with Crippen molar-refractivity contribution in [3.63, 3.8) is 0 Å². The lowest BCUT2D eigenvalue weighted by molar-refractivity contribution is 0.210. The molecule has 0 radical (unpaired) electrons. The highest BCUT2D eigenvalue weighted by atomic mass is 16.4. The number of likely N-dealkylation sites (N-methyl/N-ethyl adjacent to an activating group) is 1. The minimum atomic E-state index is 0.332. The average Bonchev–Trinajstić information content (AvgIpc) is 3.17. The van der Waals surface area contributed by atoms with Crippen LogP contribution in [-0.2, 0) is 0 Å². The van der Waals surface area contributed by atoms with E-state index in [4.69, 9.17) is 10.9 Å². The zero-order valence-corrected chi connectivity index (χ0v) is 11.1. The fourth-order valence-corrected chi connectivity index (χ4v) is 2.03. The Morgan fingerprint density at radius 2 is 1.88 bits per heavy atom. The smallest absolute Gasteiger partial charge is 0.140 e. The molecule has 0 atom stereocenters. The number of hydrogen-bond donors (Lipinski definition) is 2. The molecule has 1 rings (SSSR count). The first-order valence-electron chi connectivity index (χ1n) is 6.64. The Bertz CT molecular complexity index is 237. The van der Waals surface area contributed by atoms with Gasteiger partial charge in [0.25, 0.3) is 0 Å². The quantitative estimate of drug-likeness (QED) is 0.273. The maximum absolute atomic E-state index is 8.53. The van der Waals surface area contributed by atoms with Gasteiger partial charge in [0.15, 0.2) is 0 Å². The van der Waals surface area contributed by atoms with Crippen molar-refractivity contribution in [2.24, 2.45) is 10.9 Å². The van der Waals surface area contributed by atoms with Crippen molar-refractivity contribution in [2.45, 2.75) is 39.2 Å². The fraction of sp³-hybridized carbons (Fsp3) is 0.917. The van der Waals surface area contributed by atoms with Crippen LogP contribution in [0, 0.1) is 0 Å². The number of oxime groups is 1. The fourth-order valence-electron chi connectivity index (χ4n) is 2.03. The van der Waals surface area contributed by atoms with E-state index in [1.807, 2.05) is 0 Å². The summed E-state index contributed by atoms with van der Waals surface area (Å²) in [6, 6.07) is 0.733. The molecule has 0 amide bonds. The van der Waals surface area contributed by atoms with Crippen molar-refractivity contribution in [1.82, 2.24) is 9.80 Å². The Kier molecular flexibility index (Phi) is 6.29. The number of amidine groups is 1. The molecule has 0 spiro atoms. The van der Waals surface area contributed by atoms with E-state index in [1.54, 1.807) is 0 Å². The van der Waals surface area contributed by atoms with Crippen molar-refractivity contribution in [2.75, 3.05) is 32.7 Å². The summed E-state index contributed by atoms with van der Waals surface area (Å²) in [6.45, 7) is 9.71. The number of nitrogens with two attached hydrogens (primary N) is 1. The Balaban J connectivity index is 2.28. The van der Waals surface area contributed by atoms with Crippen LogP contribution in [0.1, 0.15) is 33.1 Å². The molecule has 0 aromatic rings. The summed E-state index contributed by atoms with van der Waals surface area (Å²) in [7, 11) is 0. The van der Waals surface area contributed by atoms with Crippen molar-refractivity contribution >= 4 is 5.84 Å². The normalized spacial score (nSPS) is 17.1. The van der Waals surface area contributed by atoms with Crippen molar-refractivity contribution in [1.29, 1.82) is 0 Å². The third kappa shape index (κ3) is 5.37. The third-order valence-corrected chi connectivity index (χ3v) is 3.44. The van der Waals surface area contributed by atoms with Gasteiger partial charge >= 0.3 is 0 Å². The molecule has 5 nitrogen and oxygen atoms in total. The predicted molar refractivity (Wildman–Crippen MR) is 70.4 cm³/mol. The Hall–Kier alpha value is -0.810. The summed E-state index contributed by atoms with van der Waals surface area (Å²) in [6.07, 6.45) is 3.26. The molecule has 0 bridgehead atoms. The van der Waals surface area contributed by atoms with Crippen molar-refractivity contribution in [3.05, 3.63) is 0 Å². The molecule has 0 saturated heterocycles. The highest BCUT2D eigenvalue weighted by molar-refractivity contribution is 5.79. The van der Waals surface area contributed by atoms with E-state index in [0.29, 0.717) is 12.3 Å². The van der Waals surface area contributed by atoms with Gasteiger partial charge in [0.2, 0.25) is 0 Å². The molecule has 1 aliphatic rings. The standard InChI is InChI=1S/C12H26N4O/c1-3-15(4-2)9-10-16(11-5-6-11)8-7-12(13)14-17/h11,17H,3-10H2,1-2H3,(H2,13,14). The van der Waals surface area contributed by atoms with Crippen LogP contribution in [0.2, 0.25) is 0 Å². The lowest BCUT2D eigenvalue weighted by Gasteiger charge is -2.26. The minimum Gasteiger partial charge on any atom is -0.409 e. The molecule has 0 heterocycles. The summed E-state index contributed by atoms with van der Waals surface area (Å²) in [5, 5.41) is 11.6. The van der Waals surface area contributed by atoms with Gasteiger partial charge in [-0.3, -0.25) is 4.90 Å².